The van der Waals surface area contributed by atoms with Crippen molar-refractivity contribution >= 4 is 5.78 Å². The van der Waals surface area contributed by atoms with Crippen molar-refractivity contribution in [1.29, 1.82) is 0 Å². The molecule has 1 atom stereocenters. The number of halogens is 1. The number of hydrogen-bond acceptors (Lipinski definition) is 2. The van der Waals surface area contributed by atoms with E-state index in [0.29, 0.717) is 18.1 Å². The van der Waals surface area contributed by atoms with Crippen molar-refractivity contribution in [3.05, 3.63) is 30.1 Å². The fraction of sp³-hybridized carbons (Fsp3) is 0.462. The first-order valence-corrected chi connectivity index (χ1v) is 5.67. The highest BCUT2D eigenvalue weighted by atomic mass is 19.1. The highest BCUT2D eigenvalue weighted by molar-refractivity contribution is 5.82. The van der Waals surface area contributed by atoms with Crippen LogP contribution in [0.15, 0.2) is 24.3 Å². The van der Waals surface area contributed by atoms with Crippen molar-refractivity contribution in [1.82, 2.24) is 0 Å². The number of carbonyl (C=O) groups is 1. The summed E-state index contributed by atoms with van der Waals surface area (Å²) in [4.78, 5) is 11.4. The highest BCUT2D eigenvalue weighted by Crippen LogP contribution is 2.24. The fourth-order valence-electron chi connectivity index (χ4n) is 2.04. The van der Waals surface area contributed by atoms with Gasteiger partial charge in [-0.05, 0) is 43.5 Å². The molecule has 1 aliphatic carbocycles. The van der Waals surface area contributed by atoms with E-state index in [2.05, 4.69) is 0 Å². The molecular formula is C13H15FO2. The van der Waals surface area contributed by atoms with Gasteiger partial charge in [-0.2, -0.15) is 0 Å². The third-order valence-corrected chi connectivity index (χ3v) is 2.98. The molecule has 0 aromatic heterocycles. The Kier molecular flexibility index (Phi) is 3.54. The second-order valence-electron chi connectivity index (χ2n) is 4.15. The third kappa shape index (κ3) is 2.81. The molecule has 86 valence electrons. The first-order valence-electron chi connectivity index (χ1n) is 5.67. The predicted molar refractivity (Wildman–Crippen MR) is 58.9 cm³/mol. The summed E-state index contributed by atoms with van der Waals surface area (Å²) >= 11 is 0. The molecule has 16 heavy (non-hydrogen) atoms. The van der Waals surface area contributed by atoms with Crippen LogP contribution >= 0.6 is 0 Å². The molecule has 0 saturated heterocycles. The Bertz CT molecular complexity index is 359. The summed E-state index contributed by atoms with van der Waals surface area (Å²) in [6, 6.07) is 5.95. The van der Waals surface area contributed by atoms with E-state index in [0.717, 1.165) is 25.7 Å². The summed E-state index contributed by atoms with van der Waals surface area (Å²) in [7, 11) is 0. The number of ether oxygens (including phenoxy) is 1. The van der Waals surface area contributed by atoms with E-state index >= 15 is 0 Å². The van der Waals surface area contributed by atoms with Gasteiger partial charge in [0.15, 0.2) is 0 Å². The van der Waals surface area contributed by atoms with Gasteiger partial charge in [-0.15, -0.1) is 0 Å². The molecule has 0 N–H and O–H groups in total. The van der Waals surface area contributed by atoms with Crippen molar-refractivity contribution in [2.75, 3.05) is 6.61 Å². The normalized spacial score (nSPS) is 20.1. The minimum Gasteiger partial charge on any atom is -0.494 e. The number of ketones is 1. The lowest BCUT2D eigenvalue weighted by Gasteiger charge is -2.09. The molecule has 1 aliphatic rings. The number of rotatable bonds is 4. The van der Waals surface area contributed by atoms with Crippen molar-refractivity contribution in [3.63, 3.8) is 0 Å². The fourth-order valence-corrected chi connectivity index (χ4v) is 2.04. The molecule has 1 unspecified atom stereocenters. The molecule has 0 spiro atoms. The molecule has 3 heteroatoms. The summed E-state index contributed by atoms with van der Waals surface area (Å²) in [5.74, 6) is 0.938. The second kappa shape index (κ2) is 5.10. The second-order valence-corrected chi connectivity index (χ2v) is 4.15. The van der Waals surface area contributed by atoms with Crippen LogP contribution in [0.5, 0.6) is 5.75 Å². The molecule has 2 nitrogen and oxygen atoms in total. The van der Waals surface area contributed by atoms with Gasteiger partial charge >= 0.3 is 0 Å². The summed E-state index contributed by atoms with van der Waals surface area (Å²) in [5.41, 5.74) is 0. The Morgan fingerprint density at radius 3 is 2.69 bits per heavy atom. The minimum absolute atomic E-state index is 0.181. The minimum atomic E-state index is -0.265. The van der Waals surface area contributed by atoms with Crippen LogP contribution < -0.4 is 4.74 Å². The van der Waals surface area contributed by atoms with Crippen molar-refractivity contribution in [2.24, 2.45) is 5.92 Å². The van der Waals surface area contributed by atoms with Crippen LogP contribution in [0.4, 0.5) is 4.39 Å². The molecule has 0 aliphatic heterocycles. The van der Waals surface area contributed by atoms with Crippen molar-refractivity contribution < 1.29 is 13.9 Å². The molecule has 0 radical (unpaired) electrons. The number of benzene rings is 1. The van der Waals surface area contributed by atoms with Gasteiger partial charge in [0.2, 0.25) is 0 Å². The molecule has 1 aromatic rings. The van der Waals surface area contributed by atoms with E-state index in [-0.39, 0.29) is 11.7 Å². The number of hydrogen-bond donors (Lipinski definition) is 0. The van der Waals surface area contributed by atoms with E-state index in [1.54, 1.807) is 12.1 Å². The quantitative estimate of drug-likeness (QED) is 0.782. The topological polar surface area (TPSA) is 26.3 Å². The van der Waals surface area contributed by atoms with Gasteiger partial charge in [0.05, 0.1) is 6.61 Å². The molecule has 1 saturated carbocycles. The van der Waals surface area contributed by atoms with Gasteiger partial charge < -0.3 is 4.74 Å². The van der Waals surface area contributed by atoms with Gasteiger partial charge in [0.25, 0.3) is 0 Å². The molecule has 1 fully saturated rings. The predicted octanol–water partition coefficient (Wildman–Crippen LogP) is 2.96. The average molecular weight is 222 g/mol. The van der Waals surface area contributed by atoms with E-state index in [9.17, 15) is 9.18 Å². The van der Waals surface area contributed by atoms with Gasteiger partial charge in [-0.3, -0.25) is 4.79 Å². The average Bonchev–Trinajstić information content (AvgIpc) is 2.68. The Hall–Kier alpha value is -1.38. The summed E-state index contributed by atoms with van der Waals surface area (Å²) < 4.78 is 18.1. The lowest BCUT2D eigenvalue weighted by atomic mass is 10.0. The monoisotopic (exact) mass is 222 g/mol. The summed E-state index contributed by atoms with van der Waals surface area (Å²) in [5, 5.41) is 0. The smallest absolute Gasteiger partial charge is 0.136 e. The Balaban J connectivity index is 1.75. The molecule has 0 heterocycles. The summed E-state index contributed by atoms with van der Waals surface area (Å²) in [6.07, 6.45) is 3.50. The van der Waals surface area contributed by atoms with Crippen LogP contribution in [0, 0.1) is 11.7 Å². The lowest BCUT2D eigenvalue weighted by Crippen LogP contribution is -2.11. The maximum atomic E-state index is 12.6. The Morgan fingerprint density at radius 2 is 2.06 bits per heavy atom. The first-order chi connectivity index (χ1) is 7.75. The van der Waals surface area contributed by atoms with Gasteiger partial charge in [0.1, 0.15) is 17.3 Å². The lowest BCUT2D eigenvalue weighted by molar-refractivity contribution is -0.121. The zero-order valence-electron chi connectivity index (χ0n) is 9.12. The van der Waals surface area contributed by atoms with Crippen molar-refractivity contribution in [3.8, 4) is 5.75 Å². The van der Waals surface area contributed by atoms with Gasteiger partial charge in [-0.1, -0.05) is 0 Å². The Morgan fingerprint density at radius 1 is 1.31 bits per heavy atom. The molecular weight excluding hydrogens is 207 g/mol. The zero-order valence-corrected chi connectivity index (χ0v) is 9.12. The van der Waals surface area contributed by atoms with Crippen LogP contribution in [0.1, 0.15) is 25.7 Å². The summed E-state index contributed by atoms with van der Waals surface area (Å²) in [6.45, 7) is 0.530. The zero-order chi connectivity index (χ0) is 11.4. The van der Waals surface area contributed by atoms with Crippen LogP contribution in [0.25, 0.3) is 0 Å². The standard InChI is InChI=1S/C13H15FO2/c14-11-4-6-12(7-5-11)16-9-8-10-2-1-3-13(10)15/h4-7,10H,1-3,8-9H2. The van der Waals surface area contributed by atoms with Crippen LogP contribution in [-0.4, -0.2) is 12.4 Å². The SMILES string of the molecule is O=C1CCCC1CCOc1ccc(F)cc1. The molecule has 2 rings (SSSR count). The first kappa shape index (κ1) is 11.1. The maximum Gasteiger partial charge on any atom is 0.136 e. The molecule has 1 aromatic carbocycles. The molecule has 0 amide bonds. The van der Waals surface area contributed by atoms with Gasteiger partial charge in [0, 0.05) is 12.3 Å². The van der Waals surface area contributed by atoms with E-state index < -0.39 is 0 Å². The van der Waals surface area contributed by atoms with Crippen LogP contribution in [0.3, 0.4) is 0 Å². The van der Waals surface area contributed by atoms with E-state index in [1.165, 1.54) is 12.1 Å². The van der Waals surface area contributed by atoms with Crippen LogP contribution in [-0.2, 0) is 4.79 Å². The highest BCUT2D eigenvalue weighted by Gasteiger charge is 2.23. The largest absolute Gasteiger partial charge is 0.494 e. The van der Waals surface area contributed by atoms with Crippen LogP contribution in [0.2, 0.25) is 0 Å². The third-order valence-electron chi connectivity index (χ3n) is 2.98. The van der Waals surface area contributed by atoms with Crippen molar-refractivity contribution in [2.45, 2.75) is 25.7 Å². The molecule has 0 bridgehead atoms. The van der Waals surface area contributed by atoms with E-state index in [1.807, 2.05) is 0 Å². The maximum absolute atomic E-state index is 12.6. The van der Waals surface area contributed by atoms with E-state index in [4.69, 9.17) is 4.74 Å². The Labute approximate surface area is 94.4 Å². The van der Waals surface area contributed by atoms with Gasteiger partial charge in [-0.25, -0.2) is 4.39 Å². The number of Topliss-reactive ketones (excluding diaryl/α,β-unsaturated/α-hetero) is 1. The number of carbonyl (C=O) groups excluding carboxylic acids is 1.